The zero-order valence-electron chi connectivity index (χ0n) is 11.4. The van der Waals surface area contributed by atoms with Gasteiger partial charge in [0.1, 0.15) is 10.0 Å². The number of carbonyl (C=O) groups excluding carboxylic acids is 1. The topological polar surface area (TPSA) is 81.6 Å². The van der Waals surface area contributed by atoms with Gasteiger partial charge in [-0.1, -0.05) is 37.0 Å². The highest BCUT2D eigenvalue weighted by Crippen LogP contribution is 2.31. The lowest BCUT2D eigenvalue weighted by molar-refractivity contribution is -0.379. The summed E-state index contributed by atoms with van der Waals surface area (Å²) >= 11 is 17.6. The van der Waals surface area contributed by atoms with Crippen LogP contribution in [0.1, 0.15) is 37.7 Å². The lowest BCUT2D eigenvalue weighted by atomic mass is 10.1. The molecule has 0 fully saturated rings. The van der Waals surface area contributed by atoms with E-state index >= 15 is 0 Å². The van der Waals surface area contributed by atoms with Crippen molar-refractivity contribution in [1.29, 1.82) is 0 Å². The van der Waals surface area contributed by atoms with E-state index in [1.807, 2.05) is 20.8 Å². The maximum atomic E-state index is 12.0. The van der Waals surface area contributed by atoms with Crippen molar-refractivity contribution in [3.63, 3.8) is 0 Å². The second-order valence-corrected chi connectivity index (χ2v) is 5.49. The Morgan fingerprint density at radius 2 is 2.00 bits per heavy atom. The monoisotopic (exact) mass is 337 g/mol. The summed E-state index contributed by atoms with van der Waals surface area (Å²) in [5.41, 5.74) is 8.94. The van der Waals surface area contributed by atoms with E-state index in [2.05, 4.69) is 15.5 Å². The molecule has 1 rings (SSSR count). The van der Waals surface area contributed by atoms with Crippen molar-refractivity contribution in [2.45, 2.75) is 27.2 Å². The minimum Gasteiger partial charge on any atom is -0.396 e. The first kappa shape index (κ1) is 17.0. The number of aromatic nitrogens is 1. The van der Waals surface area contributed by atoms with Crippen LogP contribution in [-0.4, -0.2) is 11.6 Å². The van der Waals surface area contributed by atoms with E-state index in [1.165, 1.54) is 0 Å². The number of nitrogens with one attached hydrogen (secondary N) is 2. The standard InChI is InChI=1S/C12H15Cl3N4O/c1-4-5(2)6(3)18-19-12(20)10-7(13)9(16)8(14)11(15)17-10/h5H,4H2,1-3H3,(H2,16,17)(H,19,20)/p+1/b18-6-/t5-/m1/s1. The molecule has 0 aliphatic rings. The van der Waals surface area contributed by atoms with Crippen molar-refractivity contribution < 1.29 is 9.78 Å². The van der Waals surface area contributed by atoms with Crippen molar-refractivity contribution in [2.24, 2.45) is 11.0 Å². The molecule has 4 N–H and O–H groups in total. The number of halogens is 3. The minimum atomic E-state index is -0.539. The Kier molecular flexibility index (Phi) is 6.05. The summed E-state index contributed by atoms with van der Waals surface area (Å²) < 4.78 is 0. The predicted octanol–water partition coefficient (Wildman–Crippen LogP) is 3.19. The summed E-state index contributed by atoms with van der Waals surface area (Å²) in [6.07, 6.45) is 0.928. The van der Waals surface area contributed by atoms with Gasteiger partial charge >= 0.3 is 5.91 Å². The first-order valence-corrected chi connectivity index (χ1v) is 7.12. The van der Waals surface area contributed by atoms with Crippen molar-refractivity contribution in [3.05, 3.63) is 20.9 Å². The molecule has 0 bridgehead atoms. The van der Waals surface area contributed by atoms with Crippen LogP contribution in [0.15, 0.2) is 5.10 Å². The number of nitrogens with two attached hydrogens (primary N) is 1. The smallest absolute Gasteiger partial charge is 0.337 e. The molecule has 1 aromatic heterocycles. The molecular formula is C12H16Cl3N4O+. The second-order valence-electron chi connectivity index (χ2n) is 4.36. The van der Waals surface area contributed by atoms with Gasteiger partial charge in [-0.15, -0.1) is 0 Å². The van der Waals surface area contributed by atoms with E-state index in [4.69, 9.17) is 40.5 Å². The van der Waals surface area contributed by atoms with Crippen molar-refractivity contribution in [3.8, 4) is 0 Å². The van der Waals surface area contributed by atoms with Gasteiger partial charge in [0.05, 0.1) is 5.69 Å². The molecule has 0 unspecified atom stereocenters. The summed E-state index contributed by atoms with van der Waals surface area (Å²) in [5, 5.41) is 4.14. The molecule has 0 aromatic carbocycles. The summed E-state index contributed by atoms with van der Waals surface area (Å²) in [6.45, 7) is 5.89. The van der Waals surface area contributed by atoms with E-state index in [9.17, 15) is 4.79 Å². The van der Waals surface area contributed by atoms with Crippen molar-refractivity contribution in [1.82, 2.24) is 5.43 Å². The molecule has 0 saturated carbocycles. The number of nitrogens with zero attached hydrogens (tertiary/aromatic N) is 1. The summed E-state index contributed by atoms with van der Waals surface area (Å²) in [5.74, 6) is -0.267. The molecule has 110 valence electrons. The Balaban J connectivity index is 3.00. The van der Waals surface area contributed by atoms with Crippen LogP contribution in [0.2, 0.25) is 15.2 Å². The maximum Gasteiger partial charge on any atom is 0.337 e. The number of anilines is 1. The molecule has 1 amide bonds. The van der Waals surface area contributed by atoms with Gasteiger partial charge in [-0.2, -0.15) is 10.1 Å². The largest absolute Gasteiger partial charge is 0.396 e. The van der Waals surface area contributed by atoms with Gasteiger partial charge in [0.25, 0.3) is 10.8 Å². The van der Waals surface area contributed by atoms with Gasteiger partial charge in [-0.25, -0.2) is 5.43 Å². The normalized spacial score (nSPS) is 13.2. The quantitative estimate of drug-likeness (QED) is 0.502. The maximum absolute atomic E-state index is 12.0. The Labute approximate surface area is 132 Å². The SMILES string of the molecule is CC[C@@H](C)/C(C)=N\NC(=O)c1[nH+]c(Cl)c(Cl)c(N)c1Cl. The van der Waals surface area contributed by atoms with Crippen LogP contribution in [0.5, 0.6) is 0 Å². The highest BCUT2D eigenvalue weighted by Gasteiger charge is 2.26. The van der Waals surface area contributed by atoms with Crippen LogP contribution in [0.4, 0.5) is 5.69 Å². The molecule has 8 heteroatoms. The highest BCUT2D eigenvalue weighted by molar-refractivity contribution is 6.45. The number of carbonyl (C=O) groups is 1. The van der Waals surface area contributed by atoms with Crippen LogP contribution in [0.3, 0.4) is 0 Å². The van der Waals surface area contributed by atoms with Crippen molar-refractivity contribution in [2.75, 3.05) is 5.73 Å². The van der Waals surface area contributed by atoms with Gasteiger partial charge in [0, 0.05) is 5.71 Å². The highest BCUT2D eigenvalue weighted by atomic mass is 35.5. The third-order valence-corrected chi connectivity index (χ3v) is 4.17. The molecule has 5 nitrogen and oxygen atoms in total. The third kappa shape index (κ3) is 3.75. The average Bonchev–Trinajstić information content (AvgIpc) is 2.44. The number of rotatable bonds is 4. The lowest BCUT2D eigenvalue weighted by Crippen LogP contribution is -2.29. The van der Waals surface area contributed by atoms with Gasteiger partial charge in [0.2, 0.25) is 0 Å². The minimum absolute atomic E-state index is 0.00768. The average molecular weight is 339 g/mol. The first-order chi connectivity index (χ1) is 9.29. The molecule has 0 saturated heterocycles. The predicted molar refractivity (Wildman–Crippen MR) is 82.5 cm³/mol. The van der Waals surface area contributed by atoms with E-state index in [0.29, 0.717) is 0 Å². The zero-order valence-corrected chi connectivity index (χ0v) is 13.6. The number of aromatic amines is 1. The number of hydrogen-bond donors (Lipinski definition) is 2. The zero-order chi connectivity index (χ0) is 15.4. The van der Waals surface area contributed by atoms with E-state index in [0.717, 1.165) is 12.1 Å². The number of hydrogen-bond acceptors (Lipinski definition) is 3. The van der Waals surface area contributed by atoms with Crippen LogP contribution in [-0.2, 0) is 0 Å². The third-order valence-electron chi connectivity index (χ3n) is 3.01. The van der Waals surface area contributed by atoms with Crippen LogP contribution in [0, 0.1) is 5.92 Å². The van der Waals surface area contributed by atoms with Gasteiger partial charge < -0.3 is 5.73 Å². The fourth-order valence-electron chi connectivity index (χ4n) is 1.33. The fourth-order valence-corrected chi connectivity index (χ4v) is 1.94. The van der Waals surface area contributed by atoms with E-state index < -0.39 is 5.91 Å². The molecule has 0 aliphatic carbocycles. The molecule has 0 radical (unpaired) electrons. The van der Waals surface area contributed by atoms with Crippen LogP contribution in [0.25, 0.3) is 0 Å². The van der Waals surface area contributed by atoms with Gasteiger partial charge in [-0.05, 0) is 30.9 Å². The number of amides is 1. The summed E-state index contributed by atoms with van der Waals surface area (Å²) in [6, 6.07) is 0. The second kappa shape index (κ2) is 7.11. The molecule has 1 atom stereocenters. The lowest BCUT2D eigenvalue weighted by Gasteiger charge is -2.07. The van der Waals surface area contributed by atoms with Gasteiger partial charge in [0.15, 0.2) is 0 Å². The summed E-state index contributed by atoms with van der Waals surface area (Å²) in [4.78, 5) is 14.6. The molecule has 20 heavy (non-hydrogen) atoms. The molecule has 1 heterocycles. The number of nitrogen functional groups attached to an aromatic ring is 1. The van der Waals surface area contributed by atoms with E-state index in [1.54, 1.807) is 0 Å². The molecule has 0 spiro atoms. The van der Waals surface area contributed by atoms with Crippen molar-refractivity contribution >= 4 is 52.1 Å². The molecule has 1 aromatic rings. The van der Waals surface area contributed by atoms with Crippen LogP contribution >= 0.6 is 34.8 Å². The van der Waals surface area contributed by atoms with Crippen LogP contribution < -0.4 is 16.1 Å². The fraction of sp³-hybridized carbons (Fsp3) is 0.417. The first-order valence-electron chi connectivity index (χ1n) is 5.99. The Bertz CT molecular complexity index is 560. The molecular weight excluding hydrogens is 323 g/mol. The summed E-state index contributed by atoms with van der Waals surface area (Å²) in [7, 11) is 0. The number of hydrazone groups is 1. The number of pyridine rings is 1. The molecule has 0 aliphatic heterocycles. The Morgan fingerprint density at radius 1 is 1.40 bits per heavy atom. The Hall–Kier alpha value is -1.04. The number of H-pyrrole nitrogens is 1. The van der Waals surface area contributed by atoms with Gasteiger partial charge in [-0.3, -0.25) is 4.79 Å². The van der Waals surface area contributed by atoms with E-state index in [-0.39, 0.29) is 32.5 Å². The Morgan fingerprint density at radius 3 is 2.55 bits per heavy atom.